The van der Waals surface area contributed by atoms with E-state index in [2.05, 4.69) is 20.8 Å². The number of rotatable bonds is 21. The molecule has 0 saturated heterocycles. The van der Waals surface area contributed by atoms with Gasteiger partial charge in [0.25, 0.3) is 0 Å². The smallest absolute Gasteiger partial charge is 0.0326 e. The Bertz CT molecular complexity index is 192. The molecule has 0 amide bonds. The Kier molecular flexibility index (Phi) is 28.9. The first-order chi connectivity index (χ1) is 12.3. The molecular weight excluding hydrogens is 350 g/mol. The Hall–Kier alpha value is 0.860. The molecule has 2 heteroatoms. The molecule has 1 atom stereocenters. The summed E-state index contributed by atoms with van der Waals surface area (Å²) in [5, 5.41) is 0. The van der Waals surface area contributed by atoms with Crippen LogP contribution in [0.2, 0.25) is 0 Å². The van der Waals surface area contributed by atoms with Crippen LogP contribution in [-0.2, 0) is 0 Å². The van der Waals surface area contributed by atoms with Crippen molar-refractivity contribution in [3.05, 3.63) is 0 Å². The highest BCUT2D eigenvalue weighted by atomic mass is 31.1. The van der Waals surface area contributed by atoms with Gasteiger partial charge in [0.15, 0.2) is 0 Å². The van der Waals surface area contributed by atoms with Gasteiger partial charge in [-0.2, -0.15) is 9.90 Å². The SMILES string of the molecule is CCCCCCCCP(CCCCCCCC)CCCCCCCC.P. The number of hydrogen-bond donors (Lipinski definition) is 0. The van der Waals surface area contributed by atoms with Gasteiger partial charge in [0.05, 0.1) is 0 Å². The van der Waals surface area contributed by atoms with Crippen molar-refractivity contribution in [2.45, 2.75) is 136 Å². The van der Waals surface area contributed by atoms with E-state index in [9.17, 15) is 0 Å². The van der Waals surface area contributed by atoms with Crippen LogP contribution in [0.4, 0.5) is 0 Å². The molecule has 0 aromatic rings. The zero-order chi connectivity index (χ0) is 18.4. The summed E-state index contributed by atoms with van der Waals surface area (Å²) in [7, 11) is 0.366. The largest absolute Gasteiger partial charge is 0.153 e. The van der Waals surface area contributed by atoms with Gasteiger partial charge in [-0.15, -0.1) is 7.92 Å². The lowest BCUT2D eigenvalue weighted by Crippen LogP contribution is -1.97. The zero-order valence-corrected chi connectivity index (χ0v) is 21.3. The molecule has 0 saturated carbocycles. The normalized spacial score (nSPS) is 11.1. The summed E-state index contributed by atoms with van der Waals surface area (Å²) in [6, 6.07) is 0. The molecule has 1 unspecified atom stereocenters. The molecule has 0 aromatic carbocycles. The summed E-state index contributed by atoms with van der Waals surface area (Å²) >= 11 is 0. The molecule has 0 aromatic heterocycles. The first kappa shape index (κ1) is 29.1. The predicted octanol–water partition coefficient (Wildman–Crippen LogP) is 9.61. The van der Waals surface area contributed by atoms with E-state index in [0.29, 0.717) is 7.92 Å². The molecule has 0 heterocycles. The van der Waals surface area contributed by atoms with Crippen molar-refractivity contribution in [1.29, 1.82) is 0 Å². The highest BCUT2D eigenvalue weighted by Crippen LogP contribution is 2.39. The zero-order valence-electron chi connectivity index (χ0n) is 19.0. The van der Waals surface area contributed by atoms with E-state index >= 15 is 0 Å². The first-order valence-corrected chi connectivity index (χ1v) is 14.0. The maximum absolute atomic E-state index is 2.32. The van der Waals surface area contributed by atoms with Crippen molar-refractivity contribution in [3.63, 3.8) is 0 Å². The third kappa shape index (κ3) is 22.9. The monoisotopic (exact) mass is 404 g/mol. The average Bonchev–Trinajstić information content (AvgIpc) is 2.63. The fraction of sp³-hybridized carbons (Fsp3) is 1.00. The number of hydrogen-bond acceptors (Lipinski definition) is 0. The van der Waals surface area contributed by atoms with Crippen LogP contribution in [0.25, 0.3) is 0 Å². The maximum Gasteiger partial charge on any atom is -0.0326 e. The van der Waals surface area contributed by atoms with Crippen LogP contribution in [0, 0.1) is 0 Å². The Morgan fingerprint density at radius 2 is 0.577 bits per heavy atom. The van der Waals surface area contributed by atoms with Gasteiger partial charge in [-0.25, -0.2) is 0 Å². The van der Waals surface area contributed by atoms with E-state index in [1.807, 2.05) is 0 Å². The van der Waals surface area contributed by atoms with E-state index < -0.39 is 0 Å². The highest BCUT2D eigenvalue weighted by molar-refractivity contribution is 7.57. The van der Waals surface area contributed by atoms with Gasteiger partial charge < -0.3 is 0 Å². The van der Waals surface area contributed by atoms with Crippen LogP contribution in [0.1, 0.15) is 136 Å². The summed E-state index contributed by atoms with van der Waals surface area (Å²) in [4.78, 5) is 0. The van der Waals surface area contributed by atoms with Crippen LogP contribution in [-0.4, -0.2) is 18.5 Å². The molecule has 0 spiro atoms. The summed E-state index contributed by atoms with van der Waals surface area (Å²) in [6.07, 6.45) is 31.2. The summed E-state index contributed by atoms with van der Waals surface area (Å²) in [5.41, 5.74) is 0. The first-order valence-electron chi connectivity index (χ1n) is 12.1. The fourth-order valence-corrected chi connectivity index (χ4v) is 6.37. The van der Waals surface area contributed by atoms with Gasteiger partial charge in [-0.1, -0.05) is 117 Å². The molecular formula is C24H54P2. The van der Waals surface area contributed by atoms with Gasteiger partial charge in [0.2, 0.25) is 0 Å². The lowest BCUT2D eigenvalue weighted by molar-refractivity contribution is 0.617. The maximum atomic E-state index is 2.32. The highest BCUT2D eigenvalue weighted by Gasteiger charge is 2.07. The standard InChI is InChI=1S/C24H51P.H3P/c1-4-7-10-13-16-19-22-25(23-20-17-14-11-8-5-2)24-21-18-15-12-9-6-3;/h4-24H2,1-3H3;1H3. The van der Waals surface area contributed by atoms with Crippen molar-refractivity contribution in [3.8, 4) is 0 Å². The van der Waals surface area contributed by atoms with Gasteiger partial charge in [0, 0.05) is 0 Å². The van der Waals surface area contributed by atoms with E-state index in [-0.39, 0.29) is 9.90 Å². The molecule has 26 heavy (non-hydrogen) atoms. The minimum Gasteiger partial charge on any atom is -0.153 e. The van der Waals surface area contributed by atoms with Crippen LogP contribution in [0.15, 0.2) is 0 Å². The van der Waals surface area contributed by atoms with Crippen molar-refractivity contribution in [2.75, 3.05) is 18.5 Å². The lowest BCUT2D eigenvalue weighted by atomic mass is 10.1. The van der Waals surface area contributed by atoms with Crippen LogP contribution >= 0.6 is 17.8 Å². The predicted molar refractivity (Wildman–Crippen MR) is 133 cm³/mol. The van der Waals surface area contributed by atoms with Crippen LogP contribution in [0.3, 0.4) is 0 Å². The topological polar surface area (TPSA) is 0 Å². The quantitative estimate of drug-likeness (QED) is 0.132. The number of unbranched alkanes of at least 4 members (excludes halogenated alkanes) is 15. The van der Waals surface area contributed by atoms with E-state index in [0.717, 1.165) is 0 Å². The third-order valence-corrected chi connectivity index (χ3v) is 8.33. The summed E-state index contributed by atoms with van der Waals surface area (Å²) < 4.78 is 0. The molecule has 0 fully saturated rings. The summed E-state index contributed by atoms with van der Waals surface area (Å²) in [6.45, 7) is 6.96. The van der Waals surface area contributed by atoms with Crippen LogP contribution in [0.5, 0.6) is 0 Å². The molecule has 0 aliphatic carbocycles. The lowest BCUT2D eigenvalue weighted by Gasteiger charge is -2.18. The van der Waals surface area contributed by atoms with Crippen molar-refractivity contribution < 1.29 is 0 Å². The van der Waals surface area contributed by atoms with Crippen molar-refractivity contribution in [2.24, 2.45) is 0 Å². The molecule has 160 valence electrons. The van der Waals surface area contributed by atoms with Gasteiger partial charge in [-0.3, -0.25) is 0 Å². The Morgan fingerprint density at radius 3 is 0.846 bits per heavy atom. The average molecular weight is 405 g/mol. The molecule has 0 rings (SSSR count). The molecule has 0 aliphatic rings. The van der Waals surface area contributed by atoms with Crippen LogP contribution < -0.4 is 0 Å². The van der Waals surface area contributed by atoms with Gasteiger partial charge in [-0.05, 0) is 37.7 Å². The second-order valence-corrected chi connectivity index (χ2v) is 10.8. The second-order valence-electron chi connectivity index (χ2n) is 8.14. The molecule has 0 nitrogen and oxygen atoms in total. The second kappa shape index (κ2) is 25.9. The molecule has 0 radical (unpaired) electrons. The van der Waals surface area contributed by atoms with Crippen molar-refractivity contribution in [1.82, 2.24) is 0 Å². The summed E-state index contributed by atoms with van der Waals surface area (Å²) in [5.74, 6) is 0. The van der Waals surface area contributed by atoms with E-state index in [1.54, 1.807) is 18.5 Å². The van der Waals surface area contributed by atoms with Gasteiger partial charge in [0.1, 0.15) is 0 Å². The minimum atomic E-state index is 0. The van der Waals surface area contributed by atoms with E-state index in [1.165, 1.54) is 116 Å². The molecule has 0 bridgehead atoms. The Labute approximate surface area is 172 Å². The van der Waals surface area contributed by atoms with E-state index in [4.69, 9.17) is 0 Å². The Balaban J connectivity index is 0. The van der Waals surface area contributed by atoms with Gasteiger partial charge >= 0.3 is 0 Å². The van der Waals surface area contributed by atoms with Crippen molar-refractivity contribution >= 4 is 17.8 Å². The molecule has 0 aliphatic heterocycles. The minimum absolute atomic E-state index is 0. The third-order valence-electron chi connectivity index (χ3n) is 5.48. The molecule has 0 N–H and O–H groups in total. The Morgan fingerprint density at radius 1 is 0.346 bits per heavy atom. The fourth-order valence-electron chi connectivity index (χ4n) is 3.68.